The van der Waals surface area contributed by atoms with Crippen LogP contribution in [0.2, 0.25) is 0 Å². The quantitative estimate of drug-likeness (QED) is 0.309. The molecule has 0 aliphatic heterocycles. The van der Waals surface area contributed by atoms with Gasteiger partial charge >= 0.3 is 0 Å². The maximum atomic E-state index is 16.1. The number of phenols is 1. The van der Waals surface area contributed by atoms with Crippen LogP contribution in [0.25, 0.3) is 0 Å². The molecule has 11 heteroatoms. The van der Waals surface area contributed by atoms with Crippen molar-refractivity contribution < 1.29 is 39.2 Å². The summed E-state index contributed by atoms with van der Waals surface area (Å²) in [6, 6.07) is 0.139. The molecule has 4 aliphatic rings. The SMILES string of the molecule is CCN(Cc1cc(O)c2c(c1F)C[C@H]1C[C@H]3[C@H](N(C)C)C(O)=C(C(N)=O)C(=O)[C@@]3(O)C(O)=C1C2=O)CC1CCCC1. The van der Waals surface area contributed by atoms with Gasteiger partial charge in [-0.3, -0.25) is 24.2 Å². The topological polar surface area (TPSA) is 165 Å². The van der Waals surface area contributed by atoms with Gasteiger partial charge in [-0.05, 0) is 64.2 Å². The standard InChI is InChI=1S/C30H38FN3O7/c1-4-34(12-14-7-5-6-8-14)13-16-11-19(35)21-17(23(16)31)9-15-10-18-24(33(2)3)26(37)22(29(32)40)28(39)30(18,41)27(38)20(15)25(21)36/h11,14-15,18,24,35,37-38,41H,4-10,12-13H2,1-3H3,(H2,32,40)/t15-,18-,24-,30-/m0/s1. The zero-order valence-electron chi connectivity index (χ0n) is 23.6. The summed E-state index contributed by atoms with van der Waals surface area (Å²) in [6.45, 7) is 3.78. The van der Waals surface area contributed by atoms with Gasteiger partial charge in [-0.15, -0.1) is 0 Å². The Morgan fingerprint density at radius 1 is 1.17 bits per heavy atom. The molecule has 1 aromatic rings. The fraction of sp³-hybridized carbons (Fsp3) is 0.567. The van der Waals surface area contributed by atoms with Gasteiger partial charge in [0.15, 0.2) is 11.4 Å². The Kier molecular flexibility index (Phi) is 7.50. The number of likely N-dealkylation sites (N-methyl/N-ethyl adjacent to an activating group) is 1. The van der Waals surface area contributed by atoms with Crippen LogP contribution in [-0.2, 0) is 22.6 Å². The minimum atomic E-state index is -2.72. The summed E-state index contributed by atoms with van der Waals surface area (Å²) >= 11 is 0. The lowest BCUT2D eigenvalue weighted by molar-refractivity contribution is -0.148. The summed E-state index contributed by atoms with van der Waals surface area (Å²) in [5.41, 5.74) is 1.44. The lowest BCUT2D eigenvalue weighted by Crippen LogP contribution is -2.63. The molecule has 1 amide bonds. The first-order valence-electron chi connectivity index (χ1n) is 14.2. The van der Waals surface area contributed by atoms with Gasteiger partial charge in [-0.1, -0.05) is 19.8 Å². The van der Waals surface area contributed by atoms with Crippen LogP contribution < -0.4 is 5.73 Å². The Morgan fingerprint density at radius 2 is 1.83 bits per heavy atom. The molecule has 0 saturated heterocycles. The Labute approximate surface area is 237 Å². The molecule has 0 bridgehead atoms. The number of Topliss-reactive ketones (excluding diaryl/α,β-unsaturated/α-hetero) is 2. The highest BCUT2D eigenvalue weighted by molar-refractivity contribution is 6.24. The van der Waals surface area contributed by atoms with Gasteiger partial charge in [0, 0.05) is 35.7 Å². The van der Waals surface area contributed by atoms with E-state index in [1.807, 2.05) is 6.92 Å². The number of hydrogen-bond acceptors (Lipinski definition) is 9. The smallest absolute Gasteiger partial charge is 0.255 e. The number of rotatable bonds is 7. The van der Waals surface area contributed by atoms with Crippen LogP contribution in [0.15, 0.2) is 28.7 Å². The van der Waals surface area contributed by atoms with Gasteiger partial charge < -0.3 is 26.2 Å². The number of aromatic hydroxyl groups is 1. The number of amides is 1. The lowest BCUT2D eigenvalue weighted by atomic mass is 9.58. The third-order valence-electron chi connectivity index (χ3n) is 9.56. The van der Waals surface area contributed by atoms with E-state index in [1.54, 1.807) is 14.1 Å². The number of phenolic OH excluding ortho intramolecular Hbond substituents is 1. The molecule has 0 radical (unpaired) electrons. The van der Waals surface area contributed by atoms with Crippen LogP contribution in [0, 0.1) is 23.6 Å². The molecule has 0 spiro atoms. The second-order valence-corrected chi connectivity index (χ2v) is 12.2. The molecule has 4 aliphatic carbocycles. The summed E-state index contributed by atoms with van der Waals surface area (Å²) in [5.74, 6) is -7.55. The fourth-order valence-corrected chi connectivity index (χ4v) is 7.57. The molecule has 1 saturated carbocycles. The van der Waals surface area contributed by atoms with E-state index < -0.39 is 69.6 Å². The fourth-order valence-electron chi connectivity index (χ4n) is 7.57. The first-order chi connectivity index (χ1) is 19.3. The van der Waals surface area contributed by atoms with Gasteiger partial charge in [-0.2, -0.15) is 0 Å². The van der Waals surface area contributed by atoms with Gasteiger partial charge in [0.25, 0.3) is 5.91 Å². The van der Waals surface area contributed by atoms with Crippen LogP contribution in [-0.4, -0.2) is 86.5 Å². The number of ketones is 2. The molecular weight excluding hydrogens is 533 g/mol. The lowest BCUT2D eigenvalue weighted by Gasteiger charge is -2.50. The van der Waals surface area contributed by atoms with Crippen molar-refractivity contribution in [2.75, 3.05) is 27.2 Å². The number of fused-ring (bicyclic) bond motifs is 3. The summed E-state index contributed by atoms with van der Waals surface area (Å²) in [5, 5.41) is 44.8. The number of primary amides is 1. The van der Waals surface area contributed by atoms with Crippen molar-refractivity contribution in [3.05, 3.63) is 51.2 Å². The van der Waals surface area contributed by atoms with Gasteiger partial charge in [0.1, 0.15) is 28.7 Å². The molecule has 222 valence electrons. The second kappa shape index (κ2) is 10.5. The minimum Gasteiger partial charge on any atom is -0.510 e. The molecule has 41 heavy (non-hydrogen) atoms. The zero-order valence-corrected chi connectivity index (χ0v) is 23.6. The van der Waals surface area contributed by atoms with Gasteiger partial charge in [0.2, 0.25) is 5.78 Å². The molecule has 10 nitrogen and oxygen atoms in total. The molecule has 4 atom stereocenters. The molecule has 1 fully saturated rings. The van der Waals surface area contributed by atoms with Crippen molar-refractivity contribution in [2.24, 2.45) is 23.5 Å². The van der Waals surface area contributed by atoms with Crippen molar-refractivity contribution >= 4 is 17.5 Å². The first-order valence-corrected chi connectivity index (χ1v) is 14.2. The van der Waals surface area contributed by atoms with E-state index in [0.717, 1.165) is 19.4 Å². The van der Waals surface area contributed by atoms with Crippen LogP contribution in [0.3, 0.4) is 0 Å². The summed E-state index contributed by atoms with van der Waals surface area (Å²) < 4.78 is 16.1. The average molecular weight is 572 g/mol. The number of carbonyl (C=O) groups excluding carboxylic acids is 3. The summed E-state index contributed by atoms with van der Waals surface area (Å²) in [6.07, 6.45) is 4.50. The Balaban J connectivity index is 1.57. The highest BCUT2D eigenvalue weighted by atomic mass is 19.1. The highest BCUT2D eigenvalue weighted by Crippen LogP contribution is 2.52. The Morgan fingerprint density at radius 3 is 2.41 bits per heavy atom. The van der Waals surface area contributed by atoms with Crippen LogP contribution >= 0.6 is 0 Å². The number of nitrogens with two attached hydrogens (primary N) is 1. The number of nitrogens with zero attached hydrogens (tertiary/aromatic N) is 2. The summed E-state index contributed by atoms with van der Waals surface area (Å²) in [7, 11) is 3.12. The van der Waals surface area contributed by atoms with Gasteiger partial charge in [-0.25, -0.2) is 4.39 Å². The normalized spacial score (nSPS) is 28.4. The number of allylic oxidation sites excluding steroid dienone is 1. The third-order valence-corrected chi connectivity index (χ3v) is 9.56. The predicted octanol–water partition coefficient (Wildman–Crippen LogP) is 2.27. The van der Waals surface area contributed by atoms with Gasteiger partial charge in [0.05, 0.1) is 11.6 Å². The molecule has 0 heterocycles. The van der Waals surface area contributed by atoms with E-state index in [1.165, 1.54) is 23.8 Å². The van der Waals surface area contributed by atoms with Crippen LogP contribution in [0.4, 0.5) is 4.39 Å². The second-order valence-electron chi connectivity index (χ2n) is 12.2. The van der Waals surface area contributed by atoms with Crippen LogP contribution in [0.5, 0.6) is 5.75 Å². The molecule has 0 unspecified atom stereocenters. The van der Waals surface area contributed by atoms with Crippen molar-refractivity contribution in [3.8, 4) is 5.75 Å². The van der Waals surface area contributed by atoms with E-state index in [2.05, 4.69) is 4.90 Å². The van der Waals surface area contributed by atoms with E-state index >= 15 is 4.39 Å². The van der Waals surface area contributed by atoms with Crippen molar-refractivity contribution in [1.29, 1.82) is 0 Å². The Hall–Kier alpha value is -3.28. The number of benzene rings is 1. The largest absolute Gasteiger partial charge is 0.510 e. The maximum Gasteiger partial charge on any atom is 0.255 e. The van der Waals surface area contributed by atoms with Crippen molar-refractivity contribution in [1.82, 2.24) is 9.80 Å². The number of aliphatic hydroxyl groups is 3. The van der Waals surface area contributed by atoms with Crippen LogP contribution in [0.1, 0.15) is 60.5 Å². The number of halogens is 1. The van der Waals surface area contributed by atoms with Crippen molar-refractivity contribution in [2.45, 2.75) is 63.6 Å². The third kappa shape index (κ3) is 4.45. The average Bonchev–Trinajstić information content (AvgIpc) is 3.41. The first kappa shape index (κ1) is 29.2. The van der Waals surface area contributed by atoms with E-state index in [-0.39, 0.29) is 41.6 Å². The molecule has 6 N–H and O–H groups in total. The number of hydrogen-bond donors (Lipinski definition) is 5. The molecule has 0 aromatic heterocycles. The monoisotopic (exact) mass is 571 g/mol. The molecule has 1 aromatic carbocycles. The highest BCUT2D eigenvalue weighted by Gasteiger charge is 2.63. The maximum absolute atomic E-state index is 16.1. The van der Waals surface area contributed by atoms with E-state index in [9.17, 15) is 34.8 Å². The van der Waals surface area contributed by atoms with E-state index in [4.69, 9.17) is 5.73 Å². The minimum absolute atomic E-state index is 0.0232. The number of aliphatic hydroxyl groups excluding tert-OH is 2. The molecule has 5 rings (SSSR count). The van der Waals surface area contributed by atoms with E-state index in [0.29, 0.717) is 12.5 Å². The van der Waals surface area contributed by atoms with Crippen molar-refractivity contribution in [3.63, 3.8) is 0 Å². The zero-order chi connectivity index (χ0) is 30.0. The summed E-state index contributed by atoms with van der Waals surface area (Å²) in [4.78, 5) is 42.8. The predicted molar refractivity (Wildman–Crippen MR) is 147 cm³/mol. The number of carbonyl (C=O) groups is 3. The molecular formula is C30H38FN3O7. The Bertz CT molecular complexity index is 1380.